The third-order valence-electron chi connectivity index (χ3n) is 4.65. The summed E-state index contributed by atoms with van der Waals surface area (Å²) in [7, 11) is 0. The van der Waals surface area contributed by atoms with Crippen LogP contribution < -0.4 is 10.6 Å². The van der Waals surface area contributed by atoms with E-state index in [4.69, 9.17) is 4.74 Å². The van der Waals surface area contributed by atoms with Gasteiger partial charge in [0.25, 0.3) is 0 Å². The first-order valence-corrected chi connectivity index (χ1v) is 7.83. The van der Waals surface area contributed by atoms with Gasteiger partial charge >= 0.3 is 6.03 Å². The van der Waals surface area contributed by atoms with Crippen LogP contribution in [0.3, 0.4) is 0 Å². The van der Waals surface area contributed by atoms with Crippen molar-refractivity contribution in [2.24, 2.45) is 5.41 Å². The molecule has 2 rings (SSSR count). The molecule has 1 aliphatic carbocycles. The van der Waals surface area contributed by atoms with E-state index in [2.05, 4.69) is 17.6 Å². The van der Waals surface area contributed by atoms with E-state index in [1.807, 2.05) is 0 Å². The molecule has 1 heterocycles. The Hall–Kier alpha value is -0.810. The normalized spacial score (nSPS) is 29.7. The molecule has 5 nitrogen and oxygen atoms in total. The van der Waals surface area contributed by atoms with E-state index in [0.717, 1.165) is 0 Å². The highest BCUT2D eigenvalue weighted by Crippen LogP contribution is 2.33. The van der Waals surface area contributed by atoms with Crippen molar-refractivity contribution in [2.45, 2.75) is 57.5 Å². The highest BCUT2D eigenvalue weighted by molar-refractivity contribution is 5.73. The second kappa shape index (κ2) is 6.76. The highest BCUT2D eigenvalue weighted by Gasteiger charge is 2.32. The van der Waals surface area contributed by atoms with Crippen LogP contribution >= 0.6 is 0 Å². The molecule has 5 heteroatoms. The molecular formula is C15H28N2O3. The first kappa shape index (κ1) is 15.6. The van der Waals surface area contributed by atoms with Crippen molar-refractivity contribution in [3.63, 3.8) is 0 Å². The molecule has 1 saturated carbocycles. The number of hydrogen-bond donors (Lipinski definition) is 3. The fourth-order valence-electron chi connectivity index (χ4n) is 3.10. The minimum absolute atomic E-state index is 0.184. The second-order valence-corrected chi connectivity index (χ2v) is 6.79. The molecular weight excluding hydrogens is 256 g/mol. The summed E-state index contributed by atoms with van der Waals surface area (Å²) in [5.74, 6) is 0. The van der Waals surface area contributed by atoms with Gasteiger partial charge < -0.3 is 20.5 Å². The Labute approximate surface area is 121 Å². The highest BCUT2D eigenvalue weighted by atomic mass is 16.5. The van der Waals surface area contributed by atoms with Crippen molar-refractivity contribution in [2.75, 3.05) is 26.3 Å². The van der Waals surface area contributed by atoms with E-state index >= 15 is 0 Å². The third-order valence-corrected chi connectivity index (χ3v) is 4.65. The summed E-state index contributed by atoms with van der Waals surface area (Å²) < 4.78 is 5.16. The number of rotatable bonds is 4. The van der Waals surface area contributed by atoms with Gasteiger partial charge in [-0.2, -0.15) is 0 Å². The van der Waals surface area contributed by atoms with E-state index in [0.29, 0.717) is 26.2 Å². The lowest BCUT2D eigenvalue weighted by Crippen LogP contribution is -2.48. The van der Waals surface area contributed by atoms with Crippen LogP contribution in [0.15, 0.2) is 0 Å². The van der Waals surface area contributed by atoms with Gasteiger partial charge in [0.2, 0.25) is 0 Å². The zero-order chi connectivity index (χ0) is 14.5. The summed E-state index contributed by atoms with van der Waals surface area (Å²) in [5, 5.41) is 15.8. The van der Waals surface area contributed by atoms with Crippen LogP contribution in [0.5, 0.6) is 0 Å². The van der Waals surface area contributed by atoms with Gasteiger partial charge in [-0.1, -0.05) is 32.6 Å². The summed E-state index contributed by atoms with van der Waals surface area (Å²) in [6.07, 6.45) is 8.11. The Morgan fingerprint density at radius 1 is 1.10 bits per heavy atom. The lowest BCUT2D eigenvalue weighted by molar-refractivity contribution is 0.0291. The number of carbonyl (C=O) groups is 1. The molecule has 0 unspecified atom stereocenters. The van der Waals surface area contributed by atoms with Crippen molar-refractivity contribution < 1.29 is 14.6 Å². The Bertz CT molecular complexity index is 319. The minimum atomic E-state index is -0.885. The molecule has 0 spiro atoms. The van der Waals surface area contributed by atoms with Gasteiger partial charge in [0, 0.05) is 19.6 Å². The van der Waals surface area contributed by atoms with Crippen LogP contribution in [0.4, 0.5) is 4.79 Å². The van der Waals surface area contributed by atoms with Crippen molar-refractivity contribution in [3.05, 3.63) is 0 Å². The largest absolute Gasteiger partial charge is 0.386 e. The van der Waals surface area contributed by atoms with E-state index < -0.39 is 5.60 Å². The summed E-state index contributed by atoms with van der Waals surface area (Å²) in [4.78, 5) is 11.8. The van der Waals surface area contributed by atoms with Crippen LogP contribution in [0.2, 0.25) is 0 Å². The van der Waals surface area contributed by atoms with Gasteiger partial charge in [0.15, 0.2) is 0 Å². The Balaban J connectivity index is 1.68. The molecule has 3 N–H and O–H groups in total. The fraction of sp³-hybridized carbons (Fsp3) is 0.933. The molecule has 1 saturated heterocycles. The zero-order valence-corrected chi connectivity index (χ0v) is 12.5. The summed E-state index contributed by atoms with van der Waals surface area (Å²) in [6.45, 7) is 4.11. The first-order valence-electron chi connectivity index (χ1n) is 7.83. The fourth-order valence-corrected chi connectivity index (χ4v) is 3.10. The molecule has 0 aromatic carbocycles. The predicted molar refractivity (Wildman–Crippen MR) is 77.6 cm³/mol. The summed E-state index contributed by atoms with van der Waals surface area (Å²) in [6, 6.07) is -0.184. The molecule has 116 valence electrons. The van der Waals surface area contributed by atoms with Gasteiger partial charge in [0.1, 0.15) is 5.60 Å². The number of hydrogen-bond acceptors (Lipinski definition) is 3. The molecule has 20 heavy (non-hydrogen) atoms. The van der Waals surface area contributed by atoms with Gasteiger partial charge in [-0.25, -0.2) is 4.79 Å². The van der Waals surface area contributed by atoms with Crippen molar-refractivity contribution in [3.8, 4) is 0 Å². The molecule has 2 fully saturated rings. The maximum absolute atomic E-state index is 11.8. The van der Waals surface area contributed by atoms with E-state index in [1.165, 1.54) is 38.5 Å². The smallest absolute Gasteiger partial charge is 0.314 e. The Kier molecular flexibility index (Phi) is 5.27. The number of urea groups is 1. The zero-order valence-electron chi connectivity index (χ0n) is 12.5. The van der Waals surface area contributed by atoms with Gasteiger partial charge in [-0.15, -0.1) is 0 Å². The first-order chi connectivity index (χ1) is 9.52. The maximum atomic E-state index is 11.8. The summed E-state index contributed by atoms with van der Waals surface area (Å²) in [5.41, 5.74) is -0.662. The van der Waals surface area contributed by atoms with Crippen LogP contribution in [0.1, 0.15) is 51.9 Å². The van der Waals surface area contributed by atoms with Gasteiger partial charge in [-0.05, 0) is 18.3 Å². The SMILES string of the molecule is CC1(CNC(=O)NC[C@]2(O)CCOC2)CCCCCC1. The van der Waals surface area contributed by atoms with Crippen LogP contribution in [-0.2, 0) is 4.74 Å². The molecule has 0 bridgehead atoms. The minimum Gasteiger partial charge on any atom is -0.386 e. The maximum Gasteiger partial charge on any atom is 0.314 e. The predicted octanol–water partition coefficient (Wildman–Crippen LogP) is 1.80. The van der Waals surface area contributed by atoms with Crippen LogP contribution in [-0.4, -0.2) is 43.0 Å². The van der Waals surface area contributed by atoms with Crippen molar-refractivity contribution >= 4 is 6.03 Å². The molecule has 2 amide bonds. The average Bonchev–Trinajstić information content (AvgIpc) is 2.74. The van der Waals surface area contributed by atoms with Gasteiger partial charge in [0.05, 0.1) is 13.2 Å². The molecule has 0 aromatic rings. The topological polar surface area (TPSA) is 70.6 Å². The second-order valence-electron chi connectivity index (χ2n) is 6.79. The Morgan fingerprint density at radius 2 is 1.75 bits per heavy atom. The van der Waals surface area contributed by atoms with Crippen LogP contribution in [0.25, 0.3) is 0 Å². The molecule has 1 aliphatic heterocycles. The number of aliphatic hydroxyl groups is 1. The van der Waals surface area contributed by atoms with E-state index in [-0.39, 0.29) is 18.0 Å². The van der Waals surface area contributed by atoms with E-state index in [1.54, 1.807) is 0 Å². The average molecular weight is 284 g/mol. The van der Waals surface area contributed by atoms with Gasteiger partial charge in [-0.3, -0.25) is 0 Å². The van der Waals surface area contributed by atoms with Crippen molar-refractivity contribution in [1.29, 1.82) is 0 Å². The lowest BCUT2D eigenvalue weighted by Gasteiger charge is -2.28. The van der Waals surface area contributed by atoms with Crippen molar-refractivity contribution in [1.82, 2.24) is 10.6 Å². The number of nitrogens with one attached hydrogen (secondary N) is 2. The standard InChI is InChI=1S/C15H28N2O3/c1-14(6-4-2-3-5-7-14)10-16-13(18)17-11-15(19)8-9-20-12-15/h19H,2-12H2,1H3,(H2,16,17,18)/t15-/m1/s1. The monoisotopic (exact) mass is 284 g/mol. The molecule has 0 radical (unpaired) electrons. The molecule has 1 atom stereocenters. The lowest BCUT2D eigenvalue weighted by atomic mass is 9.82. The number of ether oxygens (including phenoxy) is 1. The summed E-state index contributed by atoms with van der Waals surface area (Å²) >= 11 is 0. The molecule has 2 aliphatic rings. The third kappa shape index (κ3) is 4.63. The van der Waals surface area contributed by atoms with Crippen LogP contribution in [0, 0.1) is 5.41 Å². The number of carbonyl (C=O) groups excluding carboxylic acids is 1. The Morgan fingerprint density at radius 3 is 2.35 bits per heavy atom. The van der Waals surface area contributed by atoms with E-state index in [9.17, 15) is 9.90 Å². The number of amides is 2. The molecule has 0 aromatic heterocycles. The quantitative estimate of drug-likeness (QED) is 0.689.